The second-order valence-electron chi connectivity index (χ2n) is 8.60. The van der Waals surface area contributed by atoms with Gasteiger partial charge in [-0.1, -0.05) is 80.2 Å². The summed E-state index contributed by atoms with van der Waals surface area (Å²) in [6.07, 6.45) is -3.22. The molecule has 0 atom stereocenters. The monoisotopic (exact) mass is 539 g/mol. The van der Waals surface area contributed by atoms with Gasteiger partial charge in [0, 0.05) is 0 Å². The molecule has 0 aliphatic carbocycles. The summed E-state index contributed by atoms with van der Waals surface area (Å²) in [5.74, 6) is -1.29. The summed E-state index contributed by atoms with van der Waals surface area (Å²) in [7, 11) is 0. The summed E-state index contributed by atoms with van der Waals surface area (Å²) >= 11 is 0.997. The minimum atomic E-state index is -4.90. The second-order valence-corrected chi connectivity index (χ2v) is 9.54. The van der Waals surface area contributed by atoms with E-state index >= 15 is 0 Å². The van der Waals surface area contributed by atoms with Crippen LogP contribution in [0.5, 0.6) is 5.75 Å². The molecular weight excluding hydrogens is 515 g/mol. The maximum absolute atomic E-state index is 13.3. The Balaban J connectivity index is 1.53. The van der Waals surface area contributed by atoms with Gasteiger partial charge < -0.3 is 10.1 Å². The molecule has 3 aromatic rings. The third-order valence-electron chi connectivity index (χ3n) is 5.47. The lowest BCUT2D eigenvalue weighted by Crippen LogP contribution is -2.31. The minimum absolute atomic E-state index is 0.120. The van der Waals surface area contributed by atoms with Crippen LogP contribution in [0, 0.1) is 0 Å². The molecule has 0 bridgehead atoms. The summed E-state index contributed by atoms with van der Waals surface area (Å²) < 4.78 is 42.1. The number of benzene rings is 3. The van der Waals surface area contributed by atoms with Crippen LogP contribution < -0.4 is 15.0 Å². The number of alkyl halides is 3. The number of anilines is 2. The smallest absolute Gasteiger partial charge is 0.404 e. The van der Waals surface area contributed by atoms with Crippen molar-refractivity contribution in [2.75, 3.05) is 16.0 Å². The summed E-state index contributed by atoms with van der Waals surface area (Å²) in [6, 6.07) is 22.0. The fraction of sp³-hybridized carbons (Fsp3) is 0.179. The molecule has 0 radical (unpaired) electrons. The average Bonchev–Trinajstić information content (AvgIpc) is 3.18. The van der Waals surface area contributed by atoms with E-state index in [2.05, 4.69) is 28.9 Å². The Labute approximate surface area is 222 Å². The lowest BCUT2D eigenvalue weighted by Gasteiger charge is -2.18. The van der Waals surface area contributed by atoms with Crippen LogP contribution in [-0.4, -0.2) is 29.1 Å². The van der Waals surface area contributed by atoms with E-state index in [1.807, 2.05) is 30.3 Å². The topological polar surface area (TPSA) is 71.0 Å². The highest BCUT2D eigenvalue weighted by molar-refractivity contribution is 8.14. The van der Waals surface area contributed by atoms with Crippen LogP contribution in [0.2, 0.25) is 0 Å². The predicted octanol–water partition coefficient (Wildman–Crippen LogP) is 6.82. The maximum Gasteiger partial charge on any atom is 0.573 e. The Morgan fingerprint density at radius 2 is 1.68 bits per heavy atom. The van der Waals surface area contributed by atoms with Gasteiger partial charge in [0.2, 0.25) is 5.91 Å². The largest absolute Gasteiger partial charge is 0.573 e. The molecule has 3 aromatic carbocycles. The first-order valence-electron chi connectivity index (χ1n) is 11.7. The molecule has 0 saturated heterocycles. The van der Waals surface area contributed by atoms with Crippen molar-refractivity contribution in [2.24, 2.45) is 4.99 Å². The standard InChI is InChI=1S/C28H24F3N3O3S/c1-18(2)20-14-12-19(13-15-20)16-23-26(36)34(21-8-4-3-5-9-21)27(33-23)38-17-25(35)32-22-10-6-7-11-24(22)37-28(29,30)31/h3-16,18H,17H2,1-2H3,(H,32,35)/b23-16-. The van der Waals surface area contributed by atoms with E-state index in [4.69, 9.17) is 0 Å². The molecule has 1 N–H and O–H groups in total. The molecule has 0 unspecified atom stereocenters. The molecule has 1 aliphatic heterocycles. The zero-order chi connectivity index (χ0) is 27.3. The molecule has 0 spiro atoms. The predicted molar refractivity (Wildman–Crippen MR) is 144 cm³/mol. The number of hydrogen-bond donors (Lipinski definition) is 1. The number of amidine groups is 1. The van der Waals surface area contributed by atoms with Crippen molar-refractivity contribution in [3.05, 3.63) is 95.7 Å². The van der Waals surface area contributed by atoms with Crippen molar-refractivity contribution >= 4 is 46.2 Å². The fourth-order valence-electron chi connectivity index (χ4n) is 3.63. The van der Waals surface area contributed by atoms with E-state index in [0.717, 1.165) is 23.4 Å². The lowest BCUT2D eigenvalue weighted by atomic mass is 10.0. The van der Waals surface area contributed by atoms with Crippen molar-refractivity contribution < 1.29 is 27.5 Å². The van der Waals surface area contributed by atoms with Crippen molar-refractivity contribution in [1.82, 2.24) is 0 Å². The highest BCUT2D eigenvalue weighted by Gasteiger charge is 2.33. The number of halogens is 3. The molecule has 0 fully saturated rings. The molecule has 196 valence electrons. The lowest BCUT2D eigenvalue weighted by molar-refractivity contribution is -0.274. The molecule has 0 saturated carbocycles. The number of amides is 2. The van der Waals surface area contributed by atoms with Gasteiger partial charge in [0.1, 0.15) is 5.70 Å². The van der Waals surface area contributed by atoms with Crippen LogP contribution in [0.25, 0.3) is 6.08 Å². The summed E-state index contributed by atoms with van der Waals surface area (Å²) in [5.41, 5.74) is 2.64. The Bertz CT molecular complexity index is 1370. The van der Waals surface area contributed by atoms with Gasteiger partial charge in [-0.25, -0.2) is 4.99 Å². The Kier molecular flexibility index (Phi) is 8.21. The SMILES string of the molecule is CC(C)c1ccc(/C=C2\N=C(SCC(=O)Nc3ccccc3OC(F)(F)F)N(c3ccccc3)C2=O)cc1. The molecule has 1 heterocycles. The zero-order valence-corrected chi connectivity index (χ0v) is 21.3. The molecule has 38 heavy (non-hydrogen) atoms. The Morgan fingerprint density at radius 3 is 2.34 bits per heavy atom. The molecule has 6 nitrogen and oxygen atoms in total. The number of hydrogen-bond acceptors (Lipinski definition) is 5. The molecule has 2 amide bonds. The van der Waals surface area contributed by atoms with E-state index in [9.17, 15) is 22.8 Å². The van der Waals surface area contributed by atoms with Gasteiger partial charge in [-0.05, 0) is 47.4 Å². The first kappa shape index (κ1) is 27.0. The van der Waals surface area contributed by atoms with E-state index < -0.39 is 18.0 Å². The molecule has 1 aliphatic rings. The third kappa shape index (κ3) is 6.83. The zero-order valence-electron chi connectivity index (χ0n) is 20.5. The number of nitrogens with one attached hydrogen (secondary N) is 1. The van der Waals surface area contributed by atoms with Crippen LogP contribution in [0.15, 0.2) is 89.6 Å². The number of carbonyl (C=O) groups excluding carboxylic acids is 2. The minimum Gasteiger partial charge on any atom is -0.404 e. The van der Waals surface area contributed by atoms with Gasteiger partial charge in [-0.15, -0.1) is 13.2 Å². The van der Waals surface area contributed by atoms with Crippen LogP contribution in [0.1, 0.15) is 30.9 Å². The first-order valence-corrected chi connectivity index (χ1v) is 12.7. The van der Waals surface area contributed by atoms with Crippen LogP contribution >= 0.6 is 11.8 Å². The van der Waals surface area contributed by atoms with Crippen molar-refractivity contribution in [3.63, 3.8) is 0 Å². The van der Waals surface area contributed by atoms with Gasteiger partial charge >= 0.3 is 6.36 Å². The summed E-state index contributed by atoms with van der Waals surface area (Å²) in [5, 5.41) is 2.71. The van der Waals surface area contributed by atoms with Gasteiger partial charge in [-0.3, -0.25) is 14.5 Å². The number of ether oxygens (including phenoxy) is 1. The Hall–Kier alpha value is -4.05. The number of rotatable bonds is 7. The normalized spacial score (nSPS) is 14.7. The van der Waals surface area contributed by atoms with Gasteiger partial charge in [0.15, 0.2) is 10.9 Å². The number of carbonyl (C=O) groups is 2. The van der Waals surface area contributed by atoms with Crippen molar-refractivity contribution in [2.45, 2.75) is 26.1 Å². The second kappa shape index (κ2) is 11.6. The number of para-hydroxylation sites is 3. The molecule has 10 heteroatoms. The molecular formula is C28H24F3N3O3S. The van der Waals surface area contributed by atoms with Crippen molar-refractivity contribution in [3.8, 4) is 5.75 Å². The maximum atomic E-state index is 13.3. The van der Waals surface area contributed by atoms with E-state index in [1.54, 1.807) is 30.3 Å². The third-order valence-corrected chi connectivity index (χ3v) is 6.41. The van der Waals surface area contributed by atoms with E-state index in [1.165, 1.54) is 28.7 Å². The number of aliphatic imine (C=N–C) groups is 1. The molecule has 4 rings (SSSR count). The van der Waals surface area contributed by atoms with Gasteiger partial charge in [0.05, 0.1) is 17.1 Å². The van der Waals surface area contributed by atoms with Crippen molar-refractivity contribution in [1.29, 1.82) is 0 Å². The quantitative estimate of drug-likeness (QED) is 0.335. The van der Waals surface area contributed by atoms with Gasteiger partial charge in [-0.2, -0.15) is 0 Å². The fourth-order valence-corrected chi connectivity index (χ4v) is 4.45. The number of nitrogens with zero attached hydrogens (tertiary/aromatic N) is 2. The van der Waals surface area contributed by atoms with Crippen LogP contribution in [-0.2, 0) is 9.59 Å². The van der Waals surface area contributed by atoms with Crippen LogP contribution in [0.3, 0.4) is 0 Å². The van der Waals surface area contributed by atoms with E-state index in [0.29, 0.717) is 11.6 Å². The highest BCUT2D eigenvalue weighted by atomic mass is 32.2. The summed E-state index contributed by atoms with van der Waals surface area (Å²) in [6.45, 7) is 4.19. The first-order chi connectivity index (χ1) is 18.1. The number of thioether (sulfide) groups is 1. The molecule has 0 aromatic heterocycles. The van der Waals surface area contributed by atoms with Gasteiger partial charge in [0.25, 0.3) is 5.91 Å². The Morgan fingerprint density at radius 1 is 1.03 bits per heavy atom. The summed E-state index contributed by atoms with van der Waals surface area (Å²) in [4.78, 5) is 31.8. The highest BCUT2D eigenvalue weighted by Crippen LogP contribution is 2.32. The average molecular weight is 540 g/mol. The van der Waals surface area contributed by atoms with Crippen LogP contribution in [0.4, 0.5) is 24.5 Å². The van der Waals surface area contributed by atoms with E-state index in [-0.39, 0.29) is 28.2 Å².